The maximum atomic E-state index is 13.1. The minimum Gasteiger partial charge on any atom is -0.370 e. The standard InChI is InChI=1S/C14H16F3N3O2/c15-10-5-9(6-11(16)13(10)17)19-14(22)20-3-1-2-8(7-20)4-12(18)21/h5-6,8H,1-4,7H2,(H2,18,21)(H,19,22)/t8-/m0/s1. The number of hydrogen-bond acceptors (Lipinski definition) is 2. The van der Waals surface area contributed by atoms with E-state index in [9.17, 15) is 22.8 Å². The molecule has 1 aromatic carbocycles. The van der Waals surface area contributed by atoms with Gasteiger partial charge in [-0.2, -0.15) is 0 Å². The molecule has 120 valence electrons. The summed E-state index contributed by atoms with van der Waals surface area (Å²) in [6, 6.07) is 0.863. The van der Waals surface area contributed by atoms with Crippen molar-refractivity contribution in [3.05, 3.63) is 29.6 Å². The zero-order valence-corrected chi connectivity index (χ0v) is 11.7. The Morgan fingerprint density at radius 2 is 1.91 bits per heavy atom. The van der Waals surface area contributed by atoms with Crippen LogP contribution in [0.5, 0.6) is 0 Å². The number of amides is 3. The summed E-state index contributed by atoms with van der Waals surface area (Å²) in [4.78, 5) is 24.4. The number of carbonyl (C=O) groups excluding carboxylic acids is 2. The lowest BCUT2D eigenvalue weighted by atomic mass is 9.95. The van der Waals surface area contributed by atoms with Gasteiger partial charge in [0.1, 0.15) is 0 Å². The Labute approximate surface area is 125 Å². The Morgan fingerprint density at radius 3 is 2.50 bits per heavy atom. The van der Waals surface area contributed by atoms with Crippen LogP contribution in [0.25, 0.3) is 0 Å². The molecule has 3 N–H and O–H groups in total. The van der Waals surface area contributed by atoms with Crippen LogP contribution in [0.15, 0.2) is 12.1 Å². The minimum atomic E-state index is -1.59. The number of nitrogens with one attached hydrogen (secondary N) is 1. The van der Waals surface area contributed by atoms with Gasteiger partial charge in [-0.15, -0.1) is 0 Å². The summed E-state index contributed by atoms with van der Waals surface area (Å²) in [6.45, 7) is 0.800. The Hall–Kier alpha value is -2.25. The maximum absolute atomic E-state index is 13.1. The van der Waals surface area contributed by atoms with Crippen LogP contribution < -0.4 is 11.1 Å². The molecule has 1 fully saturated rings. The molecular formula is C14H16F3N3O2. The maximum Gasteiger partial charge on any atom is 0.321 e. The number of likely N-dealkylation sites (tertiary alicyclic amines) is 1. The minimum absolute atomic E-state index is 0.0290. The van der Waals surface area contributed by atoms with Crippen molar-refractivity contribution in [3.8, 4) is 0 Å². The highest BCUT2D eigenvalue weighted by molar-refractivity contribution is 5.89. The van der Waals surface area contributed by atoms with E-state index in [-0.39, 0.29) is 18.0 Å². The van der Waals surface area contributed by atoms with Crippen LogP contribution in [0, 0.1) is 23.4 Å². The zero-order chi connectivity index (χ0) is 16.3. The molecule has 0 bridgehead atoms. The smallest absolute Gasteiger partial charge is 0.321 e. The molecule has 0 unspecified atom stereocenters. The molecule has 1 aromatic rings. The van der Waals surface area contributed by atoms with E-state index in [2.05, 4.69) is 5.32 Å². The van der Waals surface area contributed by atoms with Crippen molar-refractivity contribution in [1.82, 2.24) is 4.90 Å². The van der Waals surface area contributed by atoms with Crippen LogP contribution >= 0.6 is 0 Å². The van der Waals surface area contributed by atoms with Crippen molar-refractivity contribution in [2.24, 2.45) is 11.7 Å². The summed E-state index contributed by atoms with van der Waals surface area (Å²) in [5, 5.41) is 2.32. The molecule has 5 nitrogen and oxygen atoms in total. The summed E-state index contributed by atoms with van der Waals surface area (Å²) < 4.78 is 39.1. The Morgan fingerprint density at radius 1 is 1.27 bits per heavy atom. The number of primary amides is 1. The van der Waals surface area contributed by atoms with E-state index in [0.717, 1.165) is 6.42 Å². The molecule has 0 radical (unpaired) electrons. The molecule has 22 heavy (non-hydrogen) atoms. The highest BCUT2D eigenvalue weighted by atomic mass is 19.2. The Balaban J connectivity index is 2.01. The van der Waals surface area contributed by atoms with Crippen LogP contribution in [-0.2, 0) is 4.79 Å². The van der Waals surface area contributed by atoms with E-state index in [1.54, 1.807) is 0 Å². The average Bonchev–Trinajstić information content (AvgIpc) is 2.44. The van der Waals surface area contributed by atoms with Gasteiger partial charge in [0.15, 0.2) is 17.5 Å². The number of carbonyl (C=O) groups is 2. The number of nitrogens with zero attached hydrogens (tertiary/aromatic N) is 1. The summed E-state index contributed by atoms with van der Waals surface area (Å²) in [6.07, 6.45) is 1.67. The van der Waals surface area contributed by atoms with Gasteiger partial charge in [0, 0.05) is 37.3 Å². The topological polar surface area (TPSA) is 75.4 Å². The monoisotopic (exact) mass is 315 g/mol. The summed E-state index contributed by atoms with van der Waals surface area (Å²) in [5.74, 6) is -4.80. The highest BCUT2D eigenvalue weighted by Gasteiger charge is 2.25. The fourth-order valence-electron chi connectivity index (χ4n) is 2.53. The van der Waals surface area contributed by atoms with E-state index < -0.39 is 29.4 Å². The number of hydrogen-bond donors (Lipinski definition) is 2. The van der Waals surface area contributed by atoms with Crippen LogP contribution in [0.1, 0.15) is 19.3 Å². The first kappa shape index (κ1) is 16.1. The van der Waals surface area contributed by atoms with Crippen LogP contribution in [0.2, 0.25) is 0 Å². The van der Waals surface area contributed by atoms with Gasteiger partial charge in [-0.05, 0) is 18.8 Å². The summed E-state index contributed by atoms with van der Waals surface area (Å²) in [7, 11) is 0. The number of nitrogens with two attached hydrogens (primary N) is 1. The second-order valence-corrected chi connectivity index (χ2v) is 5.31. The number of piperidine rings is 1. The van der Waals surface area contributed by atoms with Gasteiger partial charge in [0.2, 0.25) is 5.91 Å². The first-order chi connectivity index (χ1) is 10.4. The molecule has 3 amide bonds. The third kappa shape index (κ3) is 3.90. The van der Waals surface area contributed by atoms with Gasteiger partial charge in [0.05, 0.1) is 0 Å². The zero-order valence-electron chi connectivity index (χ0n) is 11.7. The lowest BCUT2D eigenvalue weighted by Gasteiger charge is -2.32. The number of anilines is 1. The number of urea groups is 1. The second-order valence-electron chi connectivity index (χ2n) is 5.31. The third-order valence-electron chi connectivity index (χ3n) is 3.53. The summed E-state index contributed by atoms with van der Waals surface area (Å²) >= 11 is 0. The molecule has 2 rings (SSSR count). The van der Waals surface area contributed by atoms with Crippen molar-refractivity contribution in [3.63, 3.8) is 0 Å². The molecule has 1 aliphatic heterocycles. The van der Waals surface area contributed by atoms with Gasteiger partial charge >= 0.3 is 6.03 Å². The Bertz CT molecular complexity index is 572. The largest absolute Gasteiger partial charge is 0.370 e. The summed E-state index contributed by atoms with van der Waals surface area (Å²) in [5.41, 5.74) is 4.97. The average molecular weight is 315 g/mol. The SMILES string of the molecule is NC(=O)C[C@@H]1CCCN(C(=O)Nc2cc(F)c(F)c(F)c2)C1. The van der Waals surface area contributed by atoms with E-state index >= 15 is 0 Å². The first-order valence-electron chi connectivity index (χ1n) is 6.85. The van der Waals surface area contributed by atoms with Crippen molar-refractivity contribution >= 4 is 17.6 Å². The molecule has 0 saturated carbocycles. The second kappa shape index (κ2) is 6.67. The predicted octanol–water partition coefficient (Wildman–Crippen LogP) is 2.22. The molecule has 1 saturated heterocycles. The van der Waals surface area contributed by atoms with Gasteiger partial charge in [-0.3, -0.25) is 4.79 Å². The van der Waals surface area contributed by atoms with Crippen LogP contribution in [0.3, 0.4) is 0 Å². The lowest BCUT2D eigenvalue weighted by Crippen LogP contribution is -2.43. The van der Waals surface area contributed by atoms with Crippen molar-refractivity contribution in [1.29, 1.82) is 0 Å². The quantitative estimate of drug-likeness (QED) is 0.839. The number of rotatable bonds is 3. The van der Waals surface area contributed by atoms with Gasteiger partial charge in [-0.1, -0.05) is 0 Å². The Kier molecular flexibility index (Phi) is 4.89. The normalized spacial score (nSPS) is 18.1. The van der Waals surface area contributed by atoms with Gasteiger partial charge in [-0.25, -0.2) is 18.0 Å². The van der Waals surface area contributed by atoms with Crippen molar-refractivity contribution < 1.29 is 22.8 Å². The fourth-order valence-corrected chi connectivity index (χ4v) is 2.53. The lowest BCUT2D eigenvalue weighted by molar-refractivity contribution is -0.119. The van der Waals surface area contributed by atoms with E-state index in [4.69, 9.17) is 5.73 Å². The number of halogens is 3. The van der Waals surface area contributed by atoms with Crippen LogP contribution in [-0.4, -0.2) is 29.9 Å². The van der Waals surface area contributed by atoms with Crippen LogP contribution in [0.4, 0.5) is 23.7 Å². The van der Waals surface area contributed by atoms with Gasteiger partial charge in [0.25, 0.3) is 0 Å². The molecule has 0 aromatic heterocycles. The highest BCUT2D eigenvalue weighted by Crippen LogP contribution is 2.21. The van der Waals surface area contributed by atoms with Crippen molar-refractivity contribution in [2.75, 3.05) is 18.4 Å². The molecule has 1 aliphatic rings. The molecule has 8 heteroatoms. The fraction of sp³-hybridized carbons (Fsp3) is 0.429. The number of benzene rings is 1. The molecule has 1 atom stereocenters. The molecule has 0 spiro atoms. The van der Waals surface area contributed by atoms with E-state index in [0.29, 0.717) is 31.6 Å². The van der Waals surface area contributed by atoms with E-state index in [1.165, 1.54) is 4.90 Å². The first-order valence-corrected chi connectivity index (χ1v) is 6.85. The molecule has 1 heterocycles. The molecule has 0 aliphatic carbocycles. The predicted molar refractivity (Wildman–Crippen MR) is 73.4 cm³/mol. The van der Waals surface area contributed by atoms with Gasteiger partial charge < -0.3 is 16.0 Å². The van der Waals surface area contributed by atoms with E-state index in [1.807, 2.05) is 0 Å². The third-order valence-corrected chi connectivity index (χ3v) is 3.53. The molecular weight excluding hydrogens is 299 g/mol. The van der Waals surface area contributed by atoms with Crippen molar-refractivity contribution in [2.45, 2.75) is 19.3 Å².